The summed E-state index contributed by atoms with van der Waals surface area (Å²) in [6.45, 7) is 0. The summed E-state index contributed by atoms with van der Waals surface area (Å²) in [6.07, 6.45) is 5.58. The Labute approximate surface area is 112 Å². The zero-order valence-corrected chi connectivity index (χ0v) is 11.1. The van der Waals surface area contributed by atoms with Crippen LogP contribution in [0.5, 0.6) is 0 Å². The van der Waals surface area contributed by atoms with Crippen molar-refractivity contribution in [3.8, 4) is 0 Å². The van der Waals surface area contributed by atoms with Gasteiger partial charge in [0.2, 0.25) is 5.16 Å². The Balaban J connectivity index is 2.10. The number of rotatable bonds is 0. The van der Waals surface area contributed by atoms with Gasteiger partial charge in [0.1, 0.15) is 5.65 Å². The number of fused-ring (bicyclic) bond motifs is 3. The lowest BCUT2D eigenvalue weighted by atomic mass is 9.94. The number of hydrogen-bond acceptors (Lipinski definition) is 4. The molecule has 0 amide bonds. The largest absolute Gasteiger partial charge is 0.288 e. The number of aromatic nitrogens is 3. The maximum atomic E-state index is 12.6. The van der Waals surface area contributed by atoms with Crippen LogP contribution in [-0.2, 0) is 10.8 Å². The van der Waals surface area contributed by atoms with E-state index in [-0.39, 0.29) is 16.9 Å². The number of nitrogens with zero attached hydrogens (tertiary/aromatic N) is 3. The lowest BCUT2D eigenvalue weighted by molar-refractivity contribution is 0.360. The molecule has 2 aromatic rings. The molecule has 0 N–H and O–H groups in total. The van der Waals surface area contributed by atoms with E-state index in [1.54, 1.807) is 22.9 Å². The molecule has 5 nitrogen and oxygen atoms in total. The first-order valence-electron chi connectivity index (χ1n) is 6.54. The third-order valence-corrected chi connectivity index (χ3v) is 5.76. The molecule has 2 aromatic heterocycles. The van der Waals surface area contributed by atoms with E-state index in [2.05, 4.69) is 9.97 Å². The van der Waals surface area contributed by atoms with Gasteiger partial charge in [-0.15, -0.1) is 0 Å². The minimum atomic E-state index is -1.21. The first-order valence-corrected chi connectivity index (χ1v) is 7.76. The normalized spacial score (nSPS) is 29.2. The topological polar surface area (TPSA) is 64.8 Å². The zero-order valence-electron chi connectivity index (χ0n) is 10.3. The van der Waals surface area contributed by atoms with Crippen LogP contribution in [0.4, 0.5) is 0 Å². The highest BCUT2D eigenvalue weighted by atomic mass is 32.2. The molecule has 98 valence electrons. The van der Waals surface area contributed by atoms with Crippen LogP contribution in [0.15, 0.2) is 28.3 Å². The van der Waals surface area contributed by atoms with Crippen molar-refractivity contribution in [2.75, 3.05) is 0 Å². The van der Waals surface area contributed by atoms with Crippen molar-refractivity contribution in [2.24, 2.45) is 0 Å². The number of hydrogen-bond donors (Lipinski definition) is 0. The highest BCUT2D eigenvalue weighted by Crippen LogP contribution is 2.36. The molecule has 1 aliphatic carbocycles. The molecule has 6 heteroatoms. The molecule has 3 atom stereocenters. The number of pyridine rings is 1. The molecular weight excluding hydrogens is 262 g/mol. The average Bonchev–Trinajstić information content (AvgIpc) is 2.55. The molecule has 3 heterocycles. The van der Waals surface area contributed by atoms with E-state index < -0.39 is 10.8 Å². The second kappa shape index (κ2) is 3.96. The quantitative estimate of drug-likeness (QED) is 0.682. The monoisotopic (exact) mass is 275 g/mol. The Morgan fingerprint density at radius 1 is 1.26 bits per heavy atom. The van der Waals surface area contributed by atoms with Crippen LogP contribution in [0.2, 0.25) is 0 Å². The van der Waals surface area contributed by atoms with E-state index >= 15 is 0 Å². The zero-order chi connectivity index (χ0) is 13.0. The molecular formula is C13H13N3O2S. The molecule has 0 saturated heterocycles. The maximum Gasteiger partial charge on any atom is 0.252 e. The highest BCUT2D eigenvalue weighted by molar-refractivity contribution is 7.85. The van der Waals surface area contributed by atoms with Crippen molar-refractivity contribution in [1.82, 2.24) is 14.5 Å². The molecule has 2 aliphatic rings. The van der Waals surface area contributed by atoms with Gasteiger partial charge in [-0.2, -0.15) is 0 Å². The maximum absolute atomic E-state index is 12.6. The second-order valence-corrected chi connectivity index (χ2v) is 6.73. The lowest BCUT2D eigenvalue weighted by Crippen LogP contribution is -2.35. The van der Waals surface area contributed by atoms with Crippen molar-refractivity contribution in [3.05, 3.63) is 28.7 Å². The van der Waals surface area contributed by atoms with E-state index in [4.69, 9.17) is 0 Å². The first-order chi connectivity index (χ1) is 9.25. The van der Waals surface area contributed by atoms with Gasteiger partial charge in [-0.3, -0.25) is 13.6 Å². The third-order valence-electron chi connectivity index (χ3n) is 4.10. The molecule has 0 radical (unpaired) electrons. The van der Waals surface area contributed by atoms with Gasteiger partial charge in [0.05, 0.1) is 22.1 Å². The van der Waals surface area contributed by atoms with Gasteiger partial charge in [-0.05, 0) is 18.9 Å². The molecule has 2 bridgehead atoms. The lowest BCUT2D eigenvalue weighted by Gasteiger charge is -2.30. The van der Waals surface area contributed by atoms with E-state index in [0.717, 1.165) is 31.1 Å². The smallest absolute Gasteiger partial charge is 0.252 e. The van der Waals surface area contributed by atoms with Crippen LogP contribution in [-0.4, -0.2) is 24.0 Å². The van der Waals surface area contributed by atoms with Crippen LogP contribution in [0.25, 0.3) is 11.0 Å². The Morgan fingerprint density at radius 3 is 3.00 bits per heavy atom. The molecule has 19 heavy (non-hydrogen) atoms. The molecule has 3 unspecified atom stereocenters. The minimum absolute atomic E-state index is 0.0000154. The van der Waals surface area contributed by atoms with E-state index in [0.29, 0.717) is 10.8 Å². The minimum Gasteiger partial charge on any atom is -0.288 e. The molecule has 0 aromatic carbocycles. The Morgan fingerprint density at radius 2 is 2.11 bits per heavy atom. The summed E-state index contributed by atoms with van der Waals surface area (Å²) in [5.74, 6) is 0. The SMILES string of the molecule is O=c1ccc2cnc3nc2n1C1CCCCC1S3=O. The van der Waals surface area contributed by atoms with Gasteiger partial charge in [0.25, 0.3) is 5.56 Å². The van der Waals surface area contributed by atoms with Crippen LogP contribution in [0, 0.1) is 0 Å². The van der Waals surface area contributed by atoms with Crippen molar-refractivity contribution in [3.63, 3.8) is 0 Å². The van der Waals surface area contributed by atoms with Gasteiger partial charge in [-0.1, -0.05) is 12.8 Å². The third kappa shape index (κ3) is 1.52. The molecule has 1 aliphatic heterocycles. The Hall–Kier alpha value is -1.56. The standard InChI is InChI=1S/C13H13N3O2S/c17-11-6-5-8-7-14-13-15-12(8)16(11)9-3-1-2-4-10(9)19(13)18/h5-7,9-10H,1-4H2. The fraction of sp³-hybridized carbons (Fsp3) is 0.462. The van der Waals surface area contributed by atoms with Crippen LogP contribution in [0.3, 0.4) is 0 Å². The highest BCUT2D eigenvalue weighted by Gasteiger charge is 2.36. The average molecular weight is 275 g/mol. The molecule has 1 saturated carbocycles. The summed E-state index contributed by atoms with van der Waals surface area (Å²) in [5.41, 5.74) is 0.591. The fourth-order valence-corrected chi connectivity index (χ4v) is 4.73. The summed E-state index contributed by atoms with van der Waals surface area (Å²) in [4.78, 5) is 20.8. The fourth-order valence-electron chi connectivity index (χ4n) is 3.20. The molecule has 1 fully saturated rings. The van der Waals surface area contributed by atoms with Gasteiger partial charge in [0, 0.05) is 17.6 Å². The molecule has 4 rings (SSSR count). The van der Waals surface area contributed by atoms with Crippen LogP contribution in [0.1, 0.15) is 31.7 Å². The summed E-state index contributed by atoms with van der Waals surface area (Å²) < 4.78 is 14.3. The van der Waals surface area contributed by atoms with Crippen molar-refractivity contribution in [1.29, 1.82) is 0 Å². The van der Waals surface area contributed by atoms with E-state index in [1.165, 1.54) is 0 Å². The van der Waals surface area contributed by atoms with E-state index in [9.17, 15) is 9.00 Å². The molecule has 0 spiro atoms. The second-order valence-electron chi connectivity index (χ2n) is 5.16. The Bertz CT molecular complexity index is 755. The van der Waals surface area contributed by atoms with Gasteiger partial charge < -0.3 is 0 Å². The summed E-state index contributed by atoms with van der Waals surface area (Å²) in [7, 11) is -1.21. The summed E-state index contributed by atoms with van der Waals surface area (Å²) >= 11 is 0. The van der Waals surface area contributed by atoms with Gasteiger partial charge in [0.15, 0.2) is 0 Å². The van der Waals surface area contributed by atoms with Crippen molar-refractivity contribution in [2.45, 2.75) is 42.1 Å². The van der Waals surface area contributed by atoms with Gasteiger partial charge in [-0.25, -0.2) is 9.97 Å². The van der Waals surface area contributed by atoms with Crippen molar-refractivity contribution < 1.29 is 4.21 Å². The van der Waals surface area contributed by atoms with Crippen LogP contribution >= 0.6 is 0 Å². The van der Waals surface area contributed by atoms with Crippen molar-refractivity contribution >= 4 is 21.8 Å². The predicted molar refractivity (Wildman–Crippen MR) is 71.5 cm³/mol. The van der Waals surface area contributed by atoms with E-state index in [1.807, 2.05) is 0 Å². The Kier molecular flexibility index (Phi) is 2.35. The first kappa shape index (κ1) is 11.3. The van der Waals surface area contributed by atoms with Gasteiger partial charge >= 0.3 is 0 Å². The summed E-state index contributed by atoms with van der Waals surface area (Å²) in [5, 5.41) is 1.18. The van der Waals surface area contributed by atoms with Crippen LogP contribution < -0.4 is 5.56 Å². The summed E-state index contributed by atoms with van der Waals surface area (Å²) in [6, 6.07) is 3.30. The predicted octanol–water partition coefficient (Wildman–Crippen LogP) is 1.40.